The van der Waals surface area contributed by atoms with E-state index in [-0.39, 0.29) is 48.4 Å². The molecule has 2 aromatic heterocycles. The maximum absolute atomic E-state index is 13.3. The van der Waals surface area contributed by atoms with Crippen LogP contribution in [0.2, 0.25) is 0 Å². The molecular formula is C27H37F2N6O4+. The van der Waals surface area contributed by atoms with Gasteiger partial charge in [-0.25, -0.2) is 18.7 Å². The molecule has 5 rings (SSSR count). The number of carbonyl (C=O) groups excluding carboxylic acids is 2. The van der Waals surface area contributed by atoms with Gasteiger partial charge < -0.3 is 15.3 Å². The van der Waals surface area contributed by atoms with Crippen LogP contribution in [0.4, 0.5) is 8.78 Å². The Morgan fingerprint density at radius 1 is 1.26 bits per heavy atom. The zero-order valence-corrected chi connectivity index (χ0v) is 22.8. The first-order chi connectivity index (χ1) is 18.4. The molecule has 0 radical (unpaired) electrons. The number of amides is 2. The van der Waals surface area contributed by atoms with Crippen LogP contribution in [0.3, 0.4) is 0 Å². The summed E-state index contributed by atoms with van der Waals surface area (Å²) in [4.78, 5) is 43.1. The van der Waals surface area contributed by atoms with Gasteiger partial charge in [0.1, 0.15) is 0 Å². The van der Waals surface area contributed by atoms with Gasteiger partial charge in [0, 0.05) is 56.7 Å². The van der Waals surface area contributed by atoms with Crippen molar-refractivity contribution < 1.29 is 28.0 Å². The minimum atomic E-state index is -2.58. The number of aryl methyl sites for hydroxylation is 1. The van der Waals surface area contributed by atoms with Crippen molar-refractivity contribution in [3.05, 3.63) is 33.3 Å². The molecule has 12 heteroatoms. The second-order valence-electron chi connectivity index (χ2n) is 11.7. The summed E-state index contributed by atoms with van der Waals surface area (Å²) in [6, 6.07) is -0.258. The number of hydrogen-bond acceptors (Lipinski definition) is 5. The first kappa shape index (κ1) is 27.3. The van der Waals surface area contributed by atoms with E-state index in [1.807, 2.05) is 25.7 Å². The Balaban J connectivity index is 1.42. The van der Waals surface area contributed by atoms with Crippen molar-refractivity contribution in [3.63, 3.8) is 0 Å². The molecule has 2 aromatic rings. The number of alkyl halides is 2. The molecule has 212 valence electrons. The molecule has 2 amide bonds. The molecule has 3 aliphatic rings. The predicted octanol–water partition coefficient (Wildman–Crippen LogP) is 1.82. The van der Waals surface area contributed by atoms with Crippen molar-refractivity contribution in [2.45, 2.75) is 84.0 Å². The van der Waals surface area contributed by atoms with E-state index in [0.29, 0.717) is 43.1 Å². The summed E-state index contributed by atoms with van der Waals surface area (Å²) in [7, 11) is 0. The number of H-pyrrole nitrogens is 1. The van der Waals surface area contributed by atoms with Crippen molar-refractivity contribution in [2.75, 3.05) is 19.6 Å². The third-order valence-corrected chi connectivity index (χ3v) is 7.89. The Morgan fingerprint density at radius 3 is 2.54 bits per heavy atom. The molecule has 3 N–H and O–H groups in total. The van der Waals surface area contributed by atoms with Crippen LogP contribution < -0.4 is 15.4 Å². The number of nitrogens with zero attached hydrogens (tertiary/aromatic N) is 4. The topological polar surface area (TPSA) is 114 Å². The molecule has 2 saturated carbocycles. The van der Waals surface area contributed by atoms with Gasteiger partial charge in [-0.1, -0.05) is 18.4 Å². The molecule has 1 atom stereocenters. The van der Waals surface area contributed by atoms with Crippen LogP contribution in [0, 0.1) is 12.8 Å². The highest BCUT2D eigenvalue weighted by atomic mass is 19.3. The quantitative estimate of drug-likeness (QED) is 0.362. The van der Waals surface area contributed by atoms with Gasteiger partial charge >= 0.3 is 17.1 Å². The lowest BCUT2D eigenvalue weighted by molar-refractivity contribution is -0.686. The van der Waals surface area contributed by atoms with Gasteiger partial charge in [0.25, 0.3) is 11.8 Å². The highest BCUT2D eigenvalue weighted by molar-refractivity contribution is 5.96. The number of nitrogens with one attached hydrogen (secondary N) is 2. The maximum atomic E-state index is 13.3. The van der Waals surface area contributed by atoms with Crippen LogP contribution in [-0.2, 0) is 11.3 Å². The first-order valence-corrected chi connectivity index (χ1v) is 13.7. The predicted molar refractivity (Wildman–Crippen MR) is 140 cm³/mol. The van der Waals surface area contributed by atoms with Crippen LogP contribution in [0.15, 0.2) is 10.9 Å². The first-order valence-electron chi connectivity index (χ1n) is 13.7. The van der Waals surface area contributed by atoms with Crippen molar-refractivity contribution in [3.8, 4) is 5.88 Å². The average Bonchev–Trinajstić information content (AvgIpc) is 3.58. The van der Waals surface area contributed by atoms with Crippen LogP contribution in [0.25, 0.3) is 11.7 Å². The number of rotatable bonds is 7. The summed E-state index contributed by atoms with van der Waals surface area (Å²) >= 11 is 0. The van der Waals surface area contributed by atoms with Gasteiger partial charge in [-0.15, -0.1) is 0 Å². The number of piperazine rings is 1. The minimum absolute atomic E-state index is 0.0179. The normalized spacial score (nSPS) is 22.1. The molecule has 2 aliphatic carbocycles. The average molecular weight is 548 g/mol. The lowest BCUT2D eigenvalue weighted by Gasteiger charge is -2.48. The molecule has 39 heavy (non-hydrogen) atoms. The van der Waals surface area contributed by atoms with Crippen LogP contribution in [-0.4, -0.2) is 80.0 Å². The minimum Gasteiger partial charge on any atom is -0.477 e. The molecular weight excluding hydrogens is 510 g/mol. The molecule has 1 aliphatic heterocycles. The Hall–Kier alpha value is -3.28. The van der Waals surface area contributed by atoms with Gasteiger partial charge in [-0.05, 0) is 38.7 Å². The fourth-order valence-electron chi connectivity index (χ4n) is 5.63. The van der Waals surface area contributed by atoms with Crippen molar-refractivity contribution in [1.82, 2.24) is 24.7 Å². The monoisotopic (exact) mass is 547 g/mol. The van der Waals surface area contributed by atoms with E-state index in [1.54, 1.807) is 17.9 Å². The number of aromatic amines is 1. The lowest BCUT2D eigenvalue weighted by Crippen LogP contribution is -2.60. The number of aromatic hydroxyl groups is 1. The molecule has 0 unspecified atom stereocenters. The molecule has 1 saturated heterocycles. The molecule has 3 heterocycles. The summed E-state index contributed by atoms with van der Waals surface area (Å²) < 4.78 is 29.4. The number of carbonyl (C=O) groups is 2. The molecule has 0 aromatic carbocycles. The summed E-state index contributed by atoms with van der Waals surface area (Å²) in [6.45, 7) is 9.44. The second-order valence-corrected chi connectivity index (χ2v) is 11.7. The maximum Gasteiger partial charge on any atom is 0.378 e. The van der Waals surface area contributed by atoms with E-state index in [0.717, 1.165) is 12.8 Å². The Bertz CT molecular complexity index is 1390. The van der Waals surface area contributed by atoms with Crippen LogP contribution >= 0.6 is 0 Å². The van der Waals surface area contributed by atoms with E-state index in [4.69, 9.17) is 0 Å². The largest absolute Gasteiger partial charge is 0.477 e. The standard InChI is InChI=1S/C27H36F2N6O4/c1-15(2)13-34-24-20(17(4)31-35(24)26(39)22(25(34)38)23(37)30-18-5-6-18)7-8-21(36)33-10-9-32(14-16(33)3)19-11-27(28,29)12-19/h7-8,15-16,18-19H,5-6,9-14H2,1-4H3,(H2,30,37,38,39)/p+1/b8-7+/t16-/m1/s1. The summed E-state index contributed by atoms with van der Waals surface area (Å²) in [5.74, 6) is -3.72. The van der Waals surface area contributed by atoms with Gasteiger partial charge in [0.15, 0.2) is 0 Å². The number of fused-ring (bicyclic) bond motifs is 1. The van der Waals surface area contributed by atoms with Gasteiger partial charge in [0.2, 0.25) is 11.5 Å². The highest BCUT2D eigenvalue weighted by Gasteiger charge is 2.48. The van der Waals surface area contributed by atoms with Crippen LogP contribution in [0.1, 0.15) is 68.1 Å². The summed E-state index contributed by atoms with van der Waals surface area (Å²) in [5.41, 5.74) is 0.523. The summed E-state index contributed by atoms with van der Waals surface area (Å²) in [6.07, 6.45) is 4.50. The van der Waals surface area contributed by atoms with E-state index in [2.05, 4.69) is 10.4 Å². The summed E-state index contributed by atoms with van der Waals surface area (Å²) in [5, 5.41) is 16.9. The second kappa shape index (κ2) is 10.0. The van der Waals surface area contributed by atoms with E-state index in [9.17, 15) is 28.3 Å². The van der Waals surface area contributed by atoms with E-state index < -0.39 is 23.3 Å². The Labute approximate surface area is 225 Å². The van der Waals surface area contributed by atoms with Gasteiger partial charge in [-0.3, -0.25) is 14.5 Å². The zero-order valence-electron chi connectivity index (χ0n) is 22.8. The third kappa shape index (κ3) is 5.30. The molecule has 0 spiro atoms. The molecule has 10 nitrogen and oxygen atoms in total. The Kier molecular flexibility index (Phi) is 7.02. The number of hydrogen-bond donors (Lipinski definition) is 3. The van der Waals surface area contributed by atoms with Crippen molar-refractivity contribution >= 4 is 23.5 Å². The molecule has 3 fully saturated rings. The fourth-order valence-corrected chi connectivity index (χ4v) is 5.63. The Morgan fingerprint density at radius 2 is 1.95 bits per heavy atom. The number of halogens is 2. The van der Waals surface area contributed by atoms with Gasteiger partial charge in [0.05, 0.1) is 17.8 Å². The SMILES string of the molecule is Cc1[nH]n2c(=O)c(C(=O)NC3CC3)c(O)[n+](CC(C)C)c2c1/C=C/C(=O)N1CCN(C2CC(F)(F)C2)C[C@H]1C. The zero-order chi connectivity index (χ0) is 28.2. The lowest BCUT2D eigenvalue weighted by atomic mass is 9.86. The van der Waals surface area contributed by atoms with Crippen molar-refractivity contribution in [1.29, 1.82) is 0 Å². The van der Waals surface area contributed by atoms with Crippen LogP contribution in [0.5, 0.6) is 5.88 Å². The smallest absolute Gasteiger partial charge is 0.378 e. The third-order valence-electron chi connectivity index (χ3n) is 7.89. The fraction of sp³-hybridized carbons (Fsp3) is 0.630. The highest BCUT2D eigenvalue weighted by Crippen LogP contribution is 2.41. The van der Waals surface area contributed by atoms with E-state index in [1.165, 1.54) is 15.2 Å². The van der Waals surface area contributed by atoms with E-state index >= 15 is 0 Å². The molecule has 0 bridgehead atoms. The van der Waals surface area contributed by atoms with Gasteiger partial charge in [-0.2, -0.15) is 4.57 Å². The van der Waals surface area contributed by atoms with Crippen molar-refractivity contribution in [2.24, 2.45) is 5.92 Å². The number of aromatic nitrogens is 3.